The molecule has 2 fully saturated rings. The van der Waals surface area contributed by atoms with Gasteiger partial charge in [0.25, 0.3) is 0 Å². The topological polar surface area (TPSA) is 49.6 Å². The molecule has 0 aromatic rings. The minimum absolute atomic E-state index is 0. The molecular formula is C16H30Cl2F3N3O. The molecule has 25 heavy (non-hydrogen) atoms. The summed E-state index contributed by atoms with van der Waals surface area (Å²) in [6.07, 6.45) is 1.12. The normalized spacial score (nSPS) is 23.1. The molecule has 1 heterocycles. The Hall–Kier alpha value is -0.240. The van der Waals surface area contributed by atoms with Crippen LogP contribution >= 0.6 is 24.8 Å². The van der Waals surface area contributed by atoms with Gasteiger partial charge in [0.1, 0.15) is 0 Å². The number of hydrogen-bond donors (Lipinski definition) is 1. The van der Waals surface area contributed by atoms with E-state index in [0.717, 1.165) is 38.5 Å². The first-order chi connectivity index (χ1) is 10.7. The molecule has 0 aromatic heterocycles. The van der Waals surface area contributed by atoms with Gasteiger partial charge >= 0.3 is 6.18 Å². The van der Waals surface area contributed by atoms with E-state index in [2.05, 4.69) is 0 Å². The Bertz CT molecular complexity index is 418. The van der Waals surface area contributed by atoms with Crippen LogP contribution in [0.3, 0.4) is 0 Å². The molecule has 1 aliphatic carbocycles. The van der Waals surface area contributed by atoms with Gasteiger partial charge in [-0.1, -0.05) is 26.2 Å². The van der Waals surface area contributed by atoms with Gasteiger partial charge in [0.2, 0.25) is 5.91 Å². The second-order valence-electron chi connectivity index (χ2n) is 7.07. The second-order valence-corrected chi connectivity index (χ2v) is 7.07. The predicted octanol–water partition coefficient (Wildman–Crippen LogP) is 3.22. The van der Waals surface area contributed by atoms with Crippen molar-refractivity contribution in [2.75, 3.05) is 32.7 Å². The van der Waals surface area contributed by atoms with Crippen molar-refractivity contribution in [1.82, 2.24) is 9.80 Å². The van der Waals surface area contributed by atoms with Crippen LogP contribution in [0.4, 0.5) is 13.2 Å². The number of likely N-dealkylation sites (tertiary alicyclic amines) is 1. The van der Waals surface area contributed by atoms with Crippen LogP contribution in [0.2, 0.25) is 0 Å². The third-order valence-electron chi connectivity index (χ3n) is 5.11. The molecule has 9 heteroatoms. The van der Waals surface area contributed by atoms with E-state index in [1.807, 2.05) is 0 Å². The zero-order chi connectivity index (χ0) is 17.1. The quantitative estimate of drug-likeness (QED) is 0.760. The van der Waals surface area contributed by atoms with Crippen LogP contribution in [0.1, 0.15) is 45.4 Å². The average Bonchev–Trinajstić information content (AvgIpc) is 2.93. The van der Waals surface area contributed by atoms with Gasteiger partial charge in [0, 0.05) is 19.6 Å². The largest absolute Gasteiger partial charge is 0.401 e. The Kier molecular flexibility index (Phi) is 10.1. The summed E-state index contributed by atoms with van der Waals surface area (Å²) >= 11 is 0. The van der Waals surface area contributed by atoms with E-state index in [1.165, 1.54) is 4.90 Å². The van der Waals surface area contributed by atoms with E-state index in [4.69, 9.17) is 5.73 Å². The summed E-state index contributed by atoms with van der Waals surface area (Å²) < 4.78 is 37.6. The molecule has 0 spiro atoms. The van der Waals surface area contributed by atoms with Gasteiger partial charge in [0.05, 0.1) is 12.1 Å². The molecule has 4 nitrogen and oxygen atoms in total. The highest BCUT2D eigenvalue weighted by Gasteiger charge is 2.41. The van der Waals surface area contributed by atoms with Crippen LogP contribution in [0.15, 0.2) is 0 Å². The van der Waals surface area contributed by atoms with Crippen molar-refractivity contribution >= 4 is 30.7 Å². The molecule has 150 valence electrons. The Labute approximate surface area is 160 Å². The second kappa shape index (κ2) is 10.2. The first kappa shape index (κ1) is 24.8. The molecular weight excluding hydrogens is 378 g/mol. The number of carbonyl (C=O) groups excluding carboxylic acids is 1. The number of hydrogen-bond acceptors (Lipinski definition) is 3. The van der Waals surface area contributed by atoms with E-state index in [1.54, 1.807) is 11.8 Å². The number of halogens is 5. The van der Waals surface area contributed by atoms with Crippen molar-refractivity contribution in [3.05, 3.63) is 0 Å². The highest BCUT2D eigenvalue weighted by atomic mass is 35.5. The van der Waals surface area contributed by atoms with Crippen molar-refractivity contribution in [2.24, 2.45) is 11.7 Å². The maximum atomic E-state index is 12.7. The summed E-state index contributed by atoms with van der Waals surface area (Å²) in [6, 6.07) is 0. The molecule has 1 amide bonds. The SMILES string of the molecule is CCN(CC1CCN(C(=O)C2(N)CCCCC2)C1)CC(F)(F)F.Cl.Cl. The molecule has 2 aliphatic rings. The highest BCUT2D eigenvalue weighted by Crippen LogP contribution is 2.30. The van der Waals surface area contributed by atoms with Gasteiger partial charge in [-0.15, -0.1) is 24.8 Å². The molecule has 1 atom stereocenters. The number of nitrogens with two attached hydrogens (primary N) is 1. The van der Waals surface area contributed by atoms with Crippen LogP contribution in [0, 0.1) is 5.92 Å². The summed E-state index contributed by atoms with van der Waals surface area (Å²) in [5.74, 6) is 0.104. The molecule has 0 radical (unpaired) electrons. The molecule has 2 rings (SSSR count). The van der Waals surface area contributed by atoms with Gasteiger partial charge in [-0.05, 0) is 31.7 Å². The van der Waals surface area contributed by atoms with E-state index in [0.29, 0.717) is 26.2 Å². The third kappa shape index (κ3) is 7.12. The number of alkyl halides is 3. The van der Waals surface area contributed by atoms with Crippen LogP contribution in [0.25, 0.3) is 0 Å². The molecule has 0 aromatic carbocycles. The Morgan fingerprint density at radius 1 is 1.24 bits per heavy atom. The van der Waals surface area contributed by atoms with E-state index < -0.39 is 18.3 Å². The van der Waals surface area contributed by atoms with E-state index >= 15 is 0 Å². The standard InChI is InChI=1S/C16H28F3N3O.2ClH/c1-2-21(12-16(17,18)19)10-13-6-9-22(11-13)14(23)15(20)7-4-3-5-8-15;;/h13H,2-12,20H2,1H3;2*1H. The Balaban J connectivity index is 0.00000288. The van der Waals surface area contributed by atoms with Gasteiger partial charge < -0.3 is 10.6 Å². The zero-order valence-electron chi connectivity index (χ0n) is 14.7. The van der Waals surface area contributed by atoms with E-state index in [-0.39, 0.29) is 36.6 Å². The summed E-state index contributed by atoms with van der Waals surface area (Å²) in [6.45, 7) is 2.76. The monoisotopic (exact) mass is 407 g/mol. The van der Waals surface area contributed by atoms with Gasteiger partial charge in [-0.3, -0.25) is 9.69 Å². The van der Waals surface area contributed by atoms with Crippen molar-refractivity contribution in [3.63, 3.8) is 0 Å². The molecule has 1 saturated carbocycles. The lowest BCUT2D eigenvalue weighted by molar-refractivity contribution is -0.147. The van der Waals surface area contributed by atoms with Gasteiger partial charge in [0.15, 0.2) is 0 Å². The van der Waals surface area contributed by atoms with Gasteiger partial charge in [-0.2, -0.15) is 13.2 Å². The Morgan fingerprint density at radius 2 is 1.84 bits per heavy atom. The van der Waals surface area contributed by atoms with Crippen molar-refractivity contribution in [2.45, 2.75) is 57.2 Å². The number of carbonyl (C=O) groups is 1. The molecule has 1 saturated heterocycles. The summed E-state index contributed by atoms with van der Waals surface area (Å²) in [4.78, 5) is 15.8. The summed E-state index contributed by atoms with van der Waals surface area (Å²) in [7, 11) is 0. The lowest BCUT2D eigenvalue weighted by atomic mass is 9.81. The van der Waals surface area contributed by atoms with Crippen molar-refractivity contribution < 1.29 is 18.0 Å². The van der Waals surface area contributed by atoms with Gasteiger partial charge in [-0.25, -0.2) is 0 Å². The number of amides is 1. The fourth-order valence-corrected chi connectivity index (χ4v) is 3.80. The summed E-state index contributed by atoms with van der Waals surface area (Å²) in [5, 5.41) is 0. The third-order valence-corrected chi connectivity index (χ3v) is 5.11. The molecule has 1 aliphatic heterocycles. The Morgan fingerprint density at radius 3 is 2.36 bits per heavy atom. The smallest absolute Gasteiger partial charge is 0.341 e. The fraction of sp³-hybridized carbons (Fsp3) is 0.938. The molecule has 0 bridgehead atoms. The molecule has 2 N–H and O–H groups in total. The fourth-order valence-electron chi connectivity index (χ4n) is 3.80. The number of nitrogens with zero attached hydrogens (tertiary/aromatic N) is 2. The summed E-state index contributed by atoms with van der Waals surface area (Å²) in [5.41, 5.74) is 5.54. The van der Waals surface area contributed by atoms with Crippen LogP contribution in [-0.4, -0.2) is 60.1 Å². The van der Waals surface area contributed by atoms with Crippen LogP contribution in [-0.2, 0) is 4.79 Å². The molecule has 1 unspecified atom stereocenters. The van der Waals surface area contributed by atoms with E-state index in [9.17, 15) is 18.0 Å². The van der Waals surface area contributed by atoms with Crippen LogP contribution in [0.5, 0.6) is 0 Å². The first-order valence-electron chi connectivity index (χ1n) is 8.61. The van der Waals surface area contributed by atoms with Crippen LogP contribution < -0.4 is 5.73 Å². The zero-order valence-corrected chi connectivity index (χ0v) is 16.3. The first-order valence-corrected chi connectivity index (χ1v) is 8.61. The number of rotatable bonds is 5. The maximum absolute atomic E-state index is 12.7. The minimum Gasteiger partial charge on any atom is -0.341 e. The minimum atomic E-state index is -4.17. The predicted molar refractivity (Wildman–Crippen MR) is 97.4 cm³/mol. The highest BCUT2D eigenvalue weighted by molar-refractivity contribution is 5.86. The maximum Gasteiger partial charge on any atom is 0.401 e. The van der Waals surface area contributed by atoms with Crippen molar-refractivity contribution in [3.8, 4) is 0 Å². The average molecular weight is 408 g/mol. The van der Waals surface area contributed by atoms with Crippen molar-refractivity contribution in [1.29, 1.82) is 0 Å². The lowest BCUT2D eigenvalue weighted by Gasteiger charge is -2.35. The lowest BCUT2D eigenvalue weighted by Crippen LogP contribution is -2.55.